The number of aliphatic carboxylic acids is 1. The van der Waals surface area contributed by atoms with Crippen LogP contribution in [0.25, 0.3) is 0 Å². The molecular formula is C18H38ClN3O4S. The molecule has 0 bridgehead atoms. The second kappa shape index (κ2) is 12.9. The van der Waals surface area contributed by atoms with Crippen LogP contribution in [0.4, 0.5) is 0 Å². The first-order valence-corrected chi connectivity index (χ1v) is 11.2. The van der Waals surface area contributed by atoms with Crippen LogP contribution in [0.15, 0.2) is 0 Å². The minimum atomic E-state index is -3.47. The number of carboxylic acids is 1. The van der Waals surface area contributed by atoms with E-state index in [9.17, 15) is 13.2 Å². The first kappa shape index (κ1) is 26.6. The van der Waals surface area contributed by atoms with Crippen LogP contribution in [0.3, 0.4) is 0 Å². The van der Waals surface area contributed by atoms with E-state index in [-0.39, 0.29) is 24.9 Å². The molecular weight excluding hydrogens is 390 g/mol. The highest BCUT2D eigenvalue weighted by molar-refractivity contribution is 7.86. The van der Waals surface area contributed by atoms with Gasteiger partial charge in [0.05, 0.1) is 6.54 Å². The van der Waals surface area contributed by atoms with Crippen LogP contribution in [-0.4, -0.2) is 67.4 Å². The molecule has 0 aliphatic carbocycles. The standard InChI is InChI=1S/C18H37N3O4S.ClH/c1-15(2)7-10-20(11-8-16(3)4)26(24,25)21-9-5-6-17(14-21)12-19-13-18(22)23;/h15-17,19H,5-14H2,1-4H3,(H,22,23);1H. The zero-order chi connectivity index (χ0) is 19.7. The third-order valence-corrected chi connectivity index (χ3v) is 6.76. The molecule has 162 valence electrons. The Morgan fingerprint density at radius 1 is 1.19 bits per heavy atom. The van der Waals surface area contributed by atoms with Crippen molar-refractivity contribution in [1.82, 2.24) is 13.9 Å². The summed E-state index contributed by atoms with van der Waals surface area (Å²) in [5.74, 6) is 0.191. The van der Waals surface area contributed by atoms with Gasteiger partial charge in [0.15, 0.2) is 0 Å². The molecule has 1 fully saturated rings. The van der Waals surface area contributed by atoms with E-state index in [1.54, 1.807) is 8.61 Å². The van der Waals surface area contributed by atoms with E-state index in [1.165, 1.54) is 0 Å². The molecule has 7 nitrogen and oxygen atoms in total. The van der Waals surface area contributed by atoms with Gasteiger partial charge in [-0.2, -0.15) is 17.0 Å². The van der Waals surface area contributed by atoms with Gasteiger partial charge in [-0.15, -0.1) is 12.4 Å². The maximum absolute atomic E-state index is 13.2. The van der Waals surface area contributed by atoms with Crippen LogP contribution in [0.5, 0.6) is 0 Å². The lowest BCUT2D eigenvalue weighted by atomic mass is 10.00. The summed E-state index contributed by atoms with van der Waals surface area (Å²) in [6.07, 6.45) is 3.46. The molecule has 0 radical (unpaired) electrons. The Kier molecular flexibility index (Phi) is 12.7. The highest BCUT2D eigenvalue weighted by Crippen LogP contribution is 2.22. The van der Waals surface area contributed by atoms with Gasteiger partial charge in [-0.05, 0) is 50.0 Å². The van der Waals surface area contributed by atoms with Crippen LogP contribution in [0.2, 0.25) is 0 Å². The topological polar surface area (TPSA) is 90.0 Å². The lowest BCUT2D eigenvalue weighted by molar-refractivity contribution is -0.136. The highest BCUT2D eigenvalue weighted by Gasteiger charge is 2.33. The Balaban J connectivity index is 0.00000676. The summed E-state index contributed by atoms with van der Waals surface area (Å²) in [7, 11) is -3.47. The summed E-state index contributed by atoms with van der Waals surface area (Å²) in [5, 5.41) is 11.6. The van der Waals surface area contributed by atoms with Crippen molar-refractivity contribution in [3.63, 3.8) is 0 Å². The van der Waals surface area contributed by atoms with Gasteiger partial charge < -0.3 is 10.4 Å². The van der Waals surface area contributed by atoms with Crippen LogP contribution in [0, 0.1) is 17.8 Å². The smallest absolute Gasteiger partial charge is 0.317 e. The number of piperidine rings is 1. The van der Waals surface area contributed by atoms with Crippen molar-refractivity contribution in [3.8, 4) is 0 Å². The minimum absolute atomic E-state index is 0. The van der Waals surface area contributed by atoms with Gasteiger partial charge in [-0.3, -0.25) is 4.79 Å². The van der Waals surface area contributed by atoms with Crippen molar-refractivity contribution in [3.05, 3.63) is 0 Å². The Bertz CT molecular complexity index is 517. The SMILES string of the molecule is CC(C)CCN(CCC(C)C)S(=O)(=O)N1CCCC(CNCC(=O)O)C1.Cl. The van der Waals surface area contributed by atoms with Crippen molar-refractivity contribution in [1.29, 1.82) is 0 Å². The lowest BCUT2D eigenvalue weighted by Crippen LogP contribution is -2.50. The maximum Gasteiger partial charge on any atom is 0.317 e. The molecule has 0 saturated carbocycles. The molecule has 1 atom stereocenters. The van der Waals surface area contributed by atoms with E-state index in [2.05, 4.69) is 33.0 Å². The van der Waals surface area contributed by atoms with E-state index in [4.69, 9.17) is 5.11 Å². The summed E-state index contributed by atoms with van der Waals surface area (Å²) in [5.41, 5.74) is 0. The van der Waals surface area contributed by atoms with Crippen LogP contribution in [0.1, 0.15) is 53.4 Å². The summed E-state index contributed by atoms with van der Waals surface area (Å²) in [6.45, 7) is 11.0. The van der Waals surface area contributed by atoms with Crippen molar-refractivity contribution in [2.45, 2.75) is 53.4 Å². The first-order valence-electron chi connectivity index (χ1n) is 9.80. The lowest BCUT2D eigenvalue weighted by Gasteiger charge is -2.36. The van der Waals surface area contributed by atoms with Crippen molar-refractivity contribution >= 4 is 28.6 Å². The highest BCUT2D eigenvalue weighted by atomic mass is 35.5. The van der Waals surface area contributed by atoms with Gasteiger partial charge in [-0.25, -0.2) is 0 Å². The molecule has 1 saturated heterocycles. The van der Waals surface area contributed by atoms with Crippen molar-refractivity contribution < 1.29 is 18.3 Å². The average Bonchev–Trinajstić information content (AvgIpc) is 2.54. The molecule has 0 amide bonds. The Morgan fingerprint density at radius 3 is 2.22 bits per heavy atom. The summed E-state index contributed by atoms with van der Waals surface area (Å²) < 4.78 is 29.6. The van der Waals surface area contributed by atoms with Gasteiger partial charge in [0.2, 0.25) is 0 Å². The molecule has 1 unspecified atom stereocenters. The van der Waals surface area contributed by atoms with Crippen molar-refractivity contribution in [2.75, 3.05) is 39.3 Å². The number of carboxylic acid groups (broad SMARTS) is 1. The number of hydrogen-bond donors (Lipinski definition) is 2. The minimum Gasteiger partial charge on any atom is -0.480 e. The molecule has 1 aliphatic rings. The zero-order valence-corrected chi connectivity index (χ0v) is 18.8. The van der Waals surface area contributed by atoms with E-state index in [0.29, 0.717) is 44.6 Å². The number of rotatable bonds is 12. The molecule has 1 rings (SSSR count). The third kappa shape index (κ3) is 10.1. The fourth-order valence-electron chi connectivity index (χ4n) is 3.10. The molecule has 27 heavy (non-hydrogen) atoms. The fourth-order valence-corrected chi connectivity index (χ4v) is 4.85. The van der Waals surface area contributed by atoms with Gasteiger partial charge in [0.25, 0.3) is 10.2 Å². The number of hydrogen-bond acceptors (Lipinski definition) is 4. The molecule has 9 heteroatoms. The van der Waals surface area contributed by atoms with E-state index in [0.717, 1.165) is 25.7 Å². The Labute approximate surface area is 171 Å². The Morgan fingerprint density at radius 2 is 1.74 bits per heavy atom. The number of carbonyl (C=O) groups is 1. The van der Waals surface area contributed by atoms with Gasteiger partial charge in [0, 0.05) is 26.2 Å². The third-order valence-electron chi connectivity index (χ3n) is 4.76. The molecule has 1 heterocycles. The molecule has 2 N–H and O–H groups in total. The van der Waals surface area contributed by atoms with E-state index in [1.807, 2.05) is 0 Å². The van der Waals surface area contributed by atoms with Gasteiger partial charge >= 0.3 is 5.97 Å². The summed E-state index contributed by atoms with van der Waals surface area (Å²) >= 11 is 0. The summed E-state index contributed by atoms with van der Waals surface area (Å²) in [4.78, 5) is 10.6. The molecule has 1 aliphatic heterocycles. The summed E-state index contributed by atoms with van der Waals surface area (Å²) in [6, 6.07) is 0. The van der Waals surface area contributed by atoms with Crippen LogP contribution in [-0.2, 0) is 15.0 Å². The van der Waals surface area contributed by atoms with Crippen molar-refractivity contribution in [2.24, 2.45) is 17.8 Å². The second-order valence-electron chi connectivity index (χ2n) is 8.16. The number of halogens is 1. The molecule has 0 aromatic heterocycles. The molecule has 0 aromatic rings. The predicted molar refractivity (Wildman–Crippen MR) is 111 cm³/mol. The predicted octanol–water partition coefficient (Wildman–Crippen LogP) is 2.43. The van der Waals surface area contributed by atoms with E-state index >= 15 is 0 Å². The maximum atomic E-state index is 13.2. The normalized spacial score (nSPS) is 18.9. The van der Waals surface area contributed by atoms with Crippen LogP contribution < -0.4 is 5.32 Å². The first-order chi connectivity index (χ1) is 12.1. The second-order valence-corrected chi connectivity index (χ2v) is 10.1. The van der Waals surface area contributed by atoms with E-state index < -0.39 is 16.2 Å². The molecule has 0 aromatic carbocycles. The van der Waals surface area contributed by atoms with Crippen LogP contribution >= 0.6 is 12.4 Å². The van der Waals surface area contributed by atoms with Gasteiger partial charge in [0.1, 0.15) is 0 Å². The largest absolute Gasteiger partial charge is 0.480 e. The fraction of sp³-hybridized carbons (Fsp3) is 0.944. The monoisotopic (exact) mass is 427 g/mol. The zero-order valence-electron chi connectivity index (χ0n) is 17.2. The van der Waals surface area contributed by atoms with Gasteiger partial charge in [-0.1, -0.05) is 27.7 Å². The number of nitrogens with one attached hydrogen (secondary N) is 1. The Hall–Kier alpha value is -0.410. The number of nitrogens with zero attached hydrogens (tertiary/aromatic N) is 2. The molecule has 0 spiro atoms. The average molecular weight is 428 g/mol. The quantitative estimate of drug-likeness (QED) is 0.499.